The lowest BCUT2D eigenvalue weighted by Gasteiger charge is -2.36. The smallest absolute Gasteiger partial charge is 0.209 e. The fourth-order valence-corrected chi connectivity index (χ4v) is 4.59. The first kappa shape index (κ1) is 17.8. The minimum absolute atomic E-state index is 0.423. The summed E-state index contributed by atoms with van der Waals surface area (Å²) in [5, 5.41) is 12.5. The molecule has 0 radical (unpaired) electrons. The van der Waals surface area contributed by atoms with Crippen LogP contribution in [0.1, 0.15) is 57.3 Å². The first-order valence-corrected chi connectivity index (χ1v) is 9.77. The molecule has 1 saturated carbocycles. The molecule has 7 heteroatoms. The molecule has 0 aromatic carbocycles. The van der Waals surface area contributed by atoms with E-state index in [9.17, 15) is 0 Å². The molecule has 2 heterocycles. The number of rotatable bonds is 8. The van der Waals surface area contributed by atoms with Crippen LogP contribution in [0.5, 0.6) is 0 Å². The molecule has 1 aliphatic heterocycles. The molecule has 136 valence electrons. The molecule has 1 atom stereocenters. The van der Waals surface area contributed by atoms with Gasteiger partial charge in [0.05, 0.1) is 19.2 Å². The Morgan fingerprint density at radius 3 is 2.62 bits per heavy atom. The van der Waals surface area contributed by atoms with E-state index in [1.54, 1.807) is 12.0 Å². The number of aromatic nitrogens is 4. The molecule has 1 aromatic heterocycles. The van der Waals surface area contributed by atoms with Gasteiger partial charge in [0.15, 0.2) is 0 Å². The van der Waals surface area contributed by atoms with Gasteiger partial charge in [-0.15, -0.1) is 5.10 Å². The van der Waals surface area contributed by atoms with Gasteiger partial charge in [0.1, 0.15) is 32.2 Å². The van der Waals surface area contributed by atoms with Crippen LogP contribution in [-0.4, -0.2) is 66.1 Å². The summed E-state index contributed by atoms with van der Waals surface area (Å²) in [6, 6.07) is 1.36. The van der Waals surface area contributed by atoms with Gasteiger partial charge >= 0.3 is 0 Å². The number of nitrogens with one attached hydrogen (secondary N) is 2. The van der Waals surface area contributed by atoms with Crippen molar-refractivity contribution in [3.05, 3.63) is 5.82 Å². The SMILES string of the molecule is CCC[C@H](c1nnnn1CCOC)[NH+]1CC[NH+](C2CCCC2)CC1. The molecule has 1 aromatic rings. The first-order valence-electron chi connectivity index (χ1n) is 9.77. The van der Waals surface area contributed by atoms with Crippen LogP contribution in [0.2, 0.25) is 0 Å². The lowest BCUT2D eigenvalue weighted by molar-refractivity contribution is -1.04. The van der Waals surface area contributed by atoms with E-state index in [2.05, 4.69) is 22.4 Å². The van der Waals surface area contributed by atoms with Crippen LogP contribution < -0.4 is 9.80 Å². The monoisotopic (exact) mass is 338 g/mol. The van der Waals surface area contributed by atoms with E-state index in [1.807, 2.05) is 9.58 Å². The molecular formula is C17H34N6O+2. The van der Waals surface area contributed by atoms with Crippen LogP contribution in [0.15, 0.2) is 0 Å². The fourth-order valence-electron chi connectivity index (χ4n) is 4.59. The lowest BCUT2D eigenvalue weighted by Crippen LogP contribution is -3.29. The molecule has 0 amide bonds. The number of tetrazole rings is 1. The van der Waals surface area contributed by atoms with Crippen molar-refractivity contribution in [1.82, 2.24) is 20.2 Å². The van der Waals surface area contributed by atoms with Crippen LogP contribution in [0.3, 0.4) is 0 Å². The summed E-state index contributed by atoms with van der Waals surface area (Å²) >= 11 is 0. The van der Waals surface area contributed by atoms with Gasteiger partial charge in [0, 0.05) is 13.5 Å². The van der Waals surface area contributed by atoms with Gasteiger partial charge in [0.25, 0.3) is 0 Å². The van der Waals surface area contributed by atoms with Gasteiger partial charge in [-0.05, 0) is 36.1 Å². The van der Waals surface area contributed by atoms with Crippen LogP contribution in [0, 0.1) is 0 Å². The molecule has 3 rings (SSSR count). The highest BCUT2D eigenvalue weighted by molar-refractivity contribution is 4.87. The average molecular weight is 339 g/mol. The first-order chi connectivity index (χ1) is 11.8. The Morgan fingerprint density at radius 1 is 1.21 bits per heavy atom. The van der Waals surface area contributed by atoms with E-state index >= 15 is 0 Å². The summed E-state index contributed by atoms with van der Waals surface area (Å²) in [5.74, 6) is 1.05. The van der Waals surface area contributed by atoms with Crippen molar-refractivity contribution >= 4 is 0 Å². The Labute approximate surface area is 145 Å². The average Bonchev–Trinajstić information content (AvgIpc) is 3.30. The summed E-state index contributed by atoms with van der Waals surface area (Å²) in [5.41, 5.74) is 0. The Kier molecular flexibility index (Phi) is 6.57. The lowest BCUT2D eigenvalue weighted by atomic mass is 10.1. The number of nitrogens with zero attached hydrogens (tertiary/aromatic N) is 4. The van der Waals surface area contributed by atoms with E-state index < -0.39 is 0 Å². The number of methoxy groups -OCH3 is 1. The molecule has 0 unspecified atom stereocenters. The largest absolute Gasteiger partial charge is 0.383 e. The van der Waals surface area contributed by atoms with Crippen molar-refractivity contribution in [3.63, 3.8) is 0 Å². The second-order valence-electron chi connectivity index (χ2n) is 7.39. The molecule has 2 aliphatic rings. The fraction of sp³-hybridized carbons (Fsp3) is 0.941. The van der Waals surface area contributed by atoms with Crippen molar-refractivity contribution < 1.29 is 14.5 Å². The van der Waals surface area contributed by atoms with Crippen LogP contribution in [0.4, 0.5) is 0 Å². The maximum absolute atomic E-state index is 5.20. The maximum atomic E-state index is 5.20. The zero-order chi connectivity index (χ0) is 16.8. The molecule has 7 nitrogen and oxygen atoms in total. The van der Waals surface area contributed by atoms with Gasteiger partial charge in [0.2, 0.25) is 5.82 Å². The molecule has 1 saturated heterocycles. The predicted octanol–water partition coefficient (Wildman–Crippen LogP) is -1.11. The number of hydrogen-bond donors (Lipinski definition) is 2. The standard InChI is InChI=1S/C17H32N6O/c1-3-6-16(17-18-19-20-23(17)13-14-24-2)22-11-9-21(10-12-22)15-7-4-5-8-15/h15-16H,3-14H2,1-2H3/p+2/t16-/m1/s1. The van der Waals surface area contributed by atoms with Crippen molar-refractivity contribution in [1.29, 1.82) is 0 Å². The van der Waals surface area contributed by atoms with Gasteiger partial charge in [-0.3, -0.25) is 0 Å². The molecule has 0 bridgehead atoms. The highest BCUT2D eigenvalue weighted by Crippen LogP contribution is 2.15. The quantitative estimate of drug-likeness (QED) is 0.631. The minimum Gasteiger partial charge on any atom is -0.383 e. The van der Waals surface area contributed by atoms with Crippen LogP contribution in [-0.2, 0) is 11.3 Å². The van der Waals surface area contributed by atoms with Gasteiger partial charge in [-0.25, -0.2) is 4.68 Å². The minimum atomic E-state index is 0.423. The Hall–Kier alpha value is -1.05. The molecular weight excluding hydrogens is 304 g/mol. The highest BCUT2D eigenvalue weighted by Gasteiger charge is 2.36. The number of quaternary nitrogens is 2. The molecule has 1 aliphatic carbocycles. The summed E-state index contributed by atoms with van der Waals surface area (Å²) in [4.78, 5) is 3.53. The van der Waals surface area contributed by atoms with E-state index in [0.29, 0.717) is 12.6 Å². The van der Waals surface area contributed by atoms with E-state index in [0.717, 1.165) is 24.8 Å². The summed E-state index contributed by atoms with van der Waals surface area (Å²) in [6.07, 6.45) is 8.09. The normalized spacial score (nSPS) is 26.8. The van der Waals surface area contributed by atoms with E-state index in [-0.39, 0.29) is 0 Å². The highest BCUT2D eigenvalue weighted by atomic mass is 16.5. The second-order valence-corrected chi connectivity index (χ2v) is 7.39. The zero-order valence-electron chi connectivity index (χ0n) is 15.3. The molecule has 24 heavy (non-hydrogen) atoms. The summed E-state index contributed by atoms with van der Waals surface area (Å²) < 4.78 is 7.15. The third kappa shape index (κ3) is 4.13. The third-order valence-electron chi connectivity index (χ3n) is 5.92. The number of piperazine rings is 1. The molecule has 2 fully saturated rings. The van der Waals surface area contributed by atoms with E-state index in [4.69, 9.17) is 4.74 Å². The molecule has 0 spiro atoms. The maximum Gasteiger partial charge on any atom is 0.209 e. The second kappa shape index (κ2) is 8.87. The van der Waals surface area contributed by atoms with Crippen molar-refractivity contribution in [2.75, 3.05) is 39.9 Å². The Bertz CT molecular complexity index is 479. The van der Waals surface area contributed by atoms with Gasteiger partial charge in [-0.2, -0.15) is 0 Å². The zero-order valence-corrected chi connectivity index (χ0v) is 15.3. The Balaban J connectivity index is 1.62. The number of hydrogen-bond acceptors (Lipinski definition) is 4. The van der Waals surface area contributed by atoms with Crippen molar-refractivity contribution in [2.24, 2.45) is 0 Å². The Morgan fingerprint density at radius 2 is 1.96 bits per heavy atom. The third-order valence-corrected chi connectivity index (χ3v) is 5.92. The number of ether oxygens (including phenoxy) is 1. The van der Waals surface area contributed by atoms with Crippen molar-refractivity contribution in [3.8, 4) is 0 Å². The van der Waals surface area contributed by atoms with Crippen LogP contribution >= 0.6 is 0 Å². The van der Waals surface area contributed by atoms with E-state index in [1.165, 1.54) is 58.3 Å². The topological polar surface area (TPSA) is 61.7 Å². The summed E-state index contributed by atoms with van der Waals surface area (Å²) in [6.45, 7) is 8.76. The van der Waals surface area contributed by atoms with Crippen molar-refractivity contribution in [2.45, 2.75) is 64.1 Å². The van der Waals surface area contributed by atoms with Gasteiger partial charge < -0.3 is 14.5 Å². The van der Waals surface area contributed by atoms with Crippen LogP contribution in [0.25, 0.3) is 0 Å². The van der Waals surface area contributed by atoms with Gasteiger partial charge in [-0.1, -0.05) is 13.3 Å². The summed E-state index contributed by atoms with van der Waals surface area (Å²) in [7, 11) is 1.73. The molecule has 2 N–H and O–H groups in total. The predicted molar refractivity (Wildman–Crippen MR) is 91.0 cm³/mol.